The first kappa shape index (κ1) is 14.9. The summed E-state index contributed by atoms with van der Waals surface area (Å²) >= 11 is 0. The second kappa shape index (κ2) is 6.17. The highest BCUT2D eigenvalue weighted by Gasteiger charge is 2.29. The van der Waals surface area contributed by atoms with Crippen LogP contribution in [0, 0.1) is 5.82 Å². The molecule has 1 unspecified atom stereocenters. The first-order valence-corrected chi connectivity index (χ1v) is 5.76. The van der Waals surface area contributed by atoms with Crippen molar-refractivity contribution in [1.29, 1.82) is 0 Å². The van der Waals surface area contributed by atoms with Crippen LogP contribution in [-0.2, 0) is 4.79 Å². The molecule has 104 valence electrons. The van der Waals surface area contributed by atoms with Crippen LogP contribution in [0.1, 0.15) is 23.7 Å². The minimum absolute atomic E-state index is 0.0806. The molecule has 6 heteroatoms. The topological polar surface area (TPSA) is 66.8 Å². The number of benzene rings is 1. The molecule has 0 aliphatic rings. The van der Waals surface area contributed by atoms with E-state index in [1.54, 1.807) is 6.92 Å². The smallest absolute Gasteiger partial charge is 0.326 e. The van der Waals surface area contributed by atoms with E-state index in [-0.39, 0.29) is 17.7 Å². The maximum atomic E-state index is 13.7. The number of nitrogens with zero attached hydrogens (tertiary/aromatic N) is 1. The molecule has 0 saturated carbocycles. The van der Waals surface area contributed by atoms with Gasteiger partial charge in [-0.1, -0.05) is 13.0 Å². The first-order valence-electron chi connectivity index (χ1n) is 5.76. The van der Waals surface area contributed by atoms with Gasteiger partial charge in [0.2, 0.25) is 0 Å². The number of carbonyl (C=O) groups excluding carboxylic acids is 1. The lowest BCUT2D eigenvalue weighted by molar-refractivity contribution is -0.142. The van der Waals surface area contributed by atoms with E-state index in [0.29, 0.717) is 0 Å². The van der Waals surface area contributed by atoms with Crippen LogP contribution in [-0.4, -0.2) is 42.1 Å². The largest absolute Gasteiger partial charge is 0.496 e. The average molecular weight is 269 g/mol. The molecule has 0 aromatic heterocycles. The van der Waals surface area contributed by atoms with Crippen molar-refractivity contribution in [1.82, 2.24) is 4.90 Å². The van der Waals surface area contributed by atoms with Gasteiger partial charge in [0.05, 0.1) is 7.11 Å². The minimum atomic E-state index is -1.13. The molecule has 0 saturated heterocycles. The molecule has 0 bridgehead atoms. The Morgan fingerprint density at radius 2 is 2.11 bits per heavy atom. The summed E-state index contributed by atoms with van der Waals surface area (Å²) in [6.45, 7) is 1.64. The summed E-state index contributed by atoms with van der Waals surface area (Å²) in [5, 5.41) is 9.02. The lowest BCUT2D eigenvalue weighted by atomic mass is 10.1. The second-order valence-electron chi connectivity index (χ2n) is 4.00. The molecular formula is C13H16FNO4. The third-order valence-corrected chi connectivity index (χ3v) is 2.87. The number of aliphatic carboxylic acids is 1. The number of hydrogen-bond acceptors (Lipinski definition) is 3. The predicted octanol–water partition coefficient (Wildman–Crippen LogP) is 1.77. The zero-order valence-electron chi connectivity index (χ0n) is 11.0. The average Bonchev–Trinajstić information content (AvgIpc) is 2.37. The highest BCUT2D eigenvalue weighted by Crippen LogP contribution is 2.23. The number of carboxylic acid groups (broad SMARTS) is 1. The minimum Gasteiger partial charge on any atom is -0.496 e. The molecule has 5 nitrogen and oxygen atoms in total. The Labute approximate surface area is 110 Å². The number of methoxy groups -OCH3 is 1. The fraction of sp³-hybridized carbons (Fsp3) is 0.385. The van der Waals surface area contributed by atoms with Crippen molar-refractivity contribution in [3.05, 3.63) is 29.6 Å². The van der Waals surface area contributed by atoms with Crippen molar-refractivity contribution in [2.24, 2.45) is 0 Å². The number of likely N-dealkylation sites (N-methyl/N-ethyl adjacent to an activating group) is 1. The monoisotopic (exact) mass is 269 g/mol. The van der Waals surface area contributed by atoms with Gasteiger partial charge in [0.1, 0.15) is 23.2 Å². The van der Waals surface area contributed by atoms with E-state index in [0.717, 1.165) is 11.0 Å². The van der Waals surface area contributed by atoms with Crippen molar-refractivity contribution in [2.45, 2.75) is 19.4 Å². The predicted molar refractivity (Wildman–Crippen MR) is 66.8 cm³/mol. The molecule has 1 rings (SSSR count). The summed E-state index contributed by atoms with van der Waals surface area (Å²) in [6, 6.07) is 2.99. The number of ether oxygens (including phenoxy) is 1. The van der Waals surface area contributed by atoms with Gasteiger partial charge in [0.15, 0.2) is 0 Å². The molecule has 0 spiro atoms. The Balaban J connectivity index is 3.16. The van der Waals surface area contributed by atoms with Crippen molar-refractivity contribution >= 4 is 11.9 Å². The van der Waals surface area contributed by atoms with Crippen molar-refractivity contribution in [3.8, 4) is 5.75 Å². The summed E-state index contributed by atoms with van der Waals surface area (Å²) in [6.07, 6.45) is 0.230. The quantitative estimate of drug-likeness (QED) is 0.884. The highest BCUT2D eigenvalue weighted by molar-refractivity contribution is 5.99. The van der Waals surface area contributed by atoms with Crippen LogP contribution in [0.5, 0.6) is 5.75 Å². The van der Waals surface area contributed by atoms with E-state index in [9.17, 15) is 14.0 Å². The summed E-state index contributed by atoms with van der Waals surface area (Å²) in [4.78, 5) is 24.2. The molecule has 0 fully saturated rings. The van der Waals surface area contributed by atoms with Crippen LogP contribution in [0.4, 0.5) is 4.39 Å². The lowest BCUT2D eigenvalue weighted by Crippen LogP contribution is -2.42. The Kier molecular flexibility index (Phi) is 4.86. The molecule has 0 aliphatic carbocycles. The summed E-state index contributed by atoms with van der Waals surface area (Å²) < 4.78 is 18.7. The van der Waals surface area contributed by atoms with Gasteiger partial charge >= 0.3 is 5.97 Å². The molecule has 1 amide bonds. The molecule has 1 N–H and O–H groups in total. The maximum Gasteiger partial charge on any atom is 0.326 e. The third-order valence-electron chi connectivity index (χ3n) is 2.87. The van der Waals surface area contributed by atoms with Crippen LogP contribution in [0.2, 0.25) is 0 Å². The highest BCUT2D eigenvalue weighted by atomic mass is 19.1. The molecule has 19 heavy (non-hydrogen) atoms. The van der Waals surface area contributed by atoms with E-state index < -0.39 is 23.7 Å². The normalized spacial score (nSPS) is 11.8. The third kappa shape index (κ3) is 3.01. The maximum absolute atomic E-state index is 13.7. The van der Waals surface area contributed by atoms with Gasteiger partial charge in [0, 0.05) is 7.05 Å². The SMILES string of the molecule is CCC(C(=O)O)N(C)C(=O)c1c(F)cccc1OC. The van der Waals surface area contributed by atoms with E-state index in [1.807, 2.05) is 0 Å². The Bertz CT molecular complexity index is 490. The van der Waals surface area contributed by atoms with Crippen LogP contribution in [0.25, 0.3) is 0 Å². The molecule has 0 radical (unpaired) electrons. The zero-order chi connectivity index (χ0) is 14.6. The number of carbonyl (C=O) groups is 2. The number of halogens is 1. The second-order valence-corrected chi connectivity index (χ2v) is 4.00. The molecule has 0 aliphatic heterocycles. The zero-order valence-corrected chi connectivity index (χ0v) is 11.0. The molecule has 0 heterocycles. The van der Waals surface area contributed by atoms with Crippen LogP contribution in [0.3, 0.4) is 0 Å². The standard InChI is InChI=1S/C13H16FNO4/c1-4-9(13(17)18)15(2)12(16)11-8(14)6-5-7-10(11)19-3/h5-7,9H,4H2,1-3H3,(H,17,18). The number of amides is 1. The van der Waals surface area contributed by atoms with Gasteiger partial charge in [-0.05, 0) is 18.6 Å². The fourth-order valence-electron chi connectivity index (χ4n) is 1.81. The molecule has 1 aromatic rings. The van der Waals surface area contributed by atoms with Crippen molar-refractivity contribution in [2.75, 3.05) is 14.2 Å². The fourth-order valence-corrected chi connectivity index (χ4v) is 1.81. The van der Waals surface area contributed by atoms with E-state index >= 15 is 0 Å². The van der Waals surface area contributed by atoms with Gasteiger partial charge in [-0.15, -0.1) is 0 Å². The number of carboxylic acids is 1. The molecular weight excluding hydrogens is 253 g/mol. The van der Waals surface area contributed by atoms with Crippen molar-refractivity contribution in [3.63, 3.8) is 0 Å². The summed E-state index contributed by atoms with van der Waals surface area (Å²) in [7, 11) is 2.65. The van der Waals surface area contributed by atoms with Gasteiger partial charge in [0.25, 0.3) is 5.91 Å². The Hall–Kier alpha value is -2.11. The number of rotatable bonds is 5. The van der Waals surface area contributed by atoms with Crippen LogP contribution in [0.15, 0.2) is 18.2 Å². The number of hydrogen-bond donors (Lipinski definition) is 1. The van der Waals surface area contributed by atoms with E-state index in [2.05, 4.69) is 0 Å². The van der Waals surface area contributed by atoms with Crippen LogP contribution < -0.4 is 4.74 Å². The van der Waals surface area contributed by atoms with Gasteiger partial charge in [-0.3, -0.25) is 4.79 Å². The Morgan fingerprint density at radius 1 is 1.47 bits per heavy atom. The van der Waals surface area contributed by atoms with Crippen LogP contribution >= 0.6 is 0 Å². The molecule has 1 atom stereocenters. The Morgan fingerprint density at radius 3 is 2.58 bits per heavy atom. The van der Waals surface area contributed by atoms with Gasteiger partial charge in [-0.25, -0.2) is 9.18 Å². The van der Waals surface area contributed by atoms with E-state index in [4.69, 9.17) is 9.84 Å². The lowest BCUT2D eigenvalue weighted by Gasteiger charge is -2.24. The van der Waals surface area contributed by atoms with Crippen molar-refractivity contribution < 1.29 is 23.8 Å². The summed E-state index contributed by atoms with van der Waals surface area (Å²) in [5.41, 5.74) is -0.257. The molecule has 1 aromatic carbocycles. The first-order chi connectivity index (χ1) is 8.93. The van der Waals surface area contributed by atoms with Gasteiger partial charge < -0.3 is 14.7 Å². The summed E-state index contributed by atoms with van der Waals surface area (Å²) in [5.74, 6) is -2.51. The van der Waals surface area contributed by atoms with E-state index in [1.165, 1.54) is 26.3 Å². The van der Waals surface area contributed by atoms with Gasteiger partial charge in [-0.2, -0.15) is 0 Å².